The average molecular weight is 377 g/mol. The Labute approximate surface area is 152 Å². The number of halogens is 3. The fourth-order valence-corrected chi connectivity index (χ4v) is 3.63. The number of benzene rings is 1. The van der Waals surface area contributed by atoms with Crippen LogP contribution in [0.15, 0.2) is 35.5 Å². The molecule has 0 radical (unpaired) electrons. The van der Waals surface area contributed by atoms with Crippen LogP contribution in [0.1, 0.15) is 28.7 Å². The summed E-state index contributed by atoms with van der Waals surface area (Å²) in [5, 5.41) is 12.3. The summed E-state index contributed by atoms with van der Waals surface area (Å²) in [4.78, 5) is 16.3. The van der Waals surface area contributed by atoms with E-state index in [-0.39, 0.29) is 11.4 Å². The Hall–Kier alpha value is -2.53. The number of carbonyl (C=O) groups excluding carboxylic acids is 1. The molecule has 134 valence electrons. The fourth-order valence-electron chi connectivity index (χ4n) is 2.85. The third-order valence-electron chi connectivity index (χ3n) is 4.04. The molecular formula is C18H14F3N3OS. The van der Waals surface area contributed by atoms with Gasteiger partial charge in [-0.1, -0.05) is 17.8 Å². The third kappa shape index (κ3) is 3.99. The summed E-state index contributed by atoms with van der Waals surface area (Å²) in [6.07, 6.45) is -0.0275. The summed E-state index contributed by atoms with van der Waals surface area (Å²) in [5.74, 6) is -0.503. The number of hydrogen-bond donors (Lipinski definition) is 1. The van der Waals surface area contributed by atoms with Crippen LogP contribution < -0.4 is 5.32 Å². The van der Waals surface area contributed by atoms with Crippen LogP contribution in [0.25, 0.3) is 0 Å². The lowest BCUT2D eigenvalue weighted by Gasteiger charge is -2.10. The van der Waals surface area contributed by atoms with E-state index in [1.807, 2.05) is 0 Å². The number of pyridine rings is 1. The summed E-state index contributed by atoms with van der Waals surface area (Å²) in [5.41, 5.74) is 1.81. The molecule has 1 aromatic carbocycles. The second-order valence-corrected chi connectivity index (χ2v) is 6.79. The number of fused-ring (bicyclic) bond motifs is 1. The molecule has 8 heteroatoms. The van der Waals surface area contributed by atoms with E-state index < -0.39 is 17.6 Å². The van der Waals surface area contributed by atoms with Crippen LogP contribution in [-0.4, -0.2) is 16.6 Å². The van der Waals surface area contributed by atoms with Gasteiger partial charge in [0.25, 0.3) is 0 Å². The van der Waals surface area contributed by atoms with E-state index in [4.69, 9.17) is 0 Å². The molecule has 1 aliphatic carbocycles. The number of aromatic nitrogens is 1. The van der Waals surface area contributed by atoms with E-state index in [0.29, 0.717) is 10.6 Å². The zero-order valence-corrected chi connectivity index (χ0v) is 14.4. The van der Waals surface area contributed by atoms with Gasteiger partial charge in [-0.3, -0.25) is 4.79 Å². The lowest BCUT2D eigenvalue weighted by atomic mass is 10.1. The van der Waals surface area contributed by atoms with Gasteiger partial charge in [-0.15, -0.1) is 0 Å². The lowest BCUT2D eigenvalue weighted by molar-refractivity contribution is -0.137. The van der Waals surface area contributed by atoms with Crippen LogP contribution in [0.4, 0.5) is 18.9 Å². The molecule has 1 heterocycles. The van der Waals surface area contributed by atoms with Crippen molar-refractivity contribution in [1.29, 1.82) is 5.26 Å². The Morgan fingerprint density at radius 1 is 1.35 bits per heavy atom. The van der Waals surface area contributed by atoms with Crippen molar-refractivity contribution in [2.45, 2.75) is 30.5 Å². The number of nitrogens with zero attached hydrogens (tertiary/aromatic N) is 2. The Balaban J connectivity index is 1.66. The van der Waals surface area contributed by atoms with Crippen molar-refractivity contribution in [3.8, 4) is 6.07 Å². The van der Waals surface area contributed by atoms with Gasteiger partial charge in [0.1, 0.15) is 11.1 Å². The average Bonchev–Trinajstić information content (AvgIpc) is 3.07. The molecule has 1 N–H and O–H groups in total. The Bertz CT molecular complexity index is 890. The number of amides is 1. The maximum absolute atomic E-state index is 12.7. The second-order valence-electron chi connectivity index (χ2n) is 5.82. The highest BCUT2D eigenvalue weighted by Gasteiger charge is 2.30. The van der Waals surface area contributed by atoms with Gasteiger partial charge >= 0.3 is 6.18 Å². The number of aryl methyl sites for hydroxylation is 1. The van der Waals surface area contributed by atoms with Crippen molar-refractivity contribution >= 4 is 23.4 Å². The normalized spacial score (nSPS) is 13.2. The van der Waals surface area contributed by atoms with Crippen molar-refractivity contribution in [3.05, 3.63) is 52.7 Å². The summed E-state index contributed by atoms with van der Waals surface area (Å²) in [6.45, 7) is 0. The van der Waals surface area contributed by atoms with Crippen LogP contribution in [0.3, 0.4) is 0 Å². The van der Waals surface area contributed by atoms with E-state index in [9.17, 15) is 23.2 Å². The van der Waals surface area contributed by atoms with Gasteiger partial charge < -0.3 is 5.32 Å². The molecule has 4 nitrogen and oxygen atoms in total. The quantitative estimate of drug-likeness (QED) is 0.812. The summed E-state index contributed by atoms with van der Waals surface area (Å²) >= 11 is 1.11. The highest BCUT2D eigenvalue weighted by Crippen LogP contribution is 2.32. The summed E-state index contributed by atoms with van der Waals surface area (Å²) in [6, 6.07) is 6.61. The highest BCUT2D eigenvalue weighted by molar-refractivity contribution is 8.00. The first-order valence-electron chi connectivity index (χ1n) is 7.89. The Morgan fingerprint density at radius 2 is 2.15 bits per heavy atom. The first-order chi connectivity index (χ1) is 12.4. The standard InChI is InChI=1S/C18H14F3N3OS/c19-18(20,21)12-4-2-5-13(7-12)24-16(25)10-26-17-15(8-22)14-6-1-3-11(14)9-23-17/h2,4-5,7,9H,1,3,6,10H2,(H,24,25). The van der Waals surface area contributed by atoms with E-state index in [2.05, 4.69) is 16.4 Å². The molecule has 0 spiro atoms. The first-order valence-corrected chi connectivity index (χ1v) is 8.88. The Kier molecular flexibility index (Phi) is 5.18. The number of carbonyl (C=O) groups is 1. The van der Waals surface area contributed by atoms with Crippen molar-refractivity contribution in [2.24, 2.45) is 0 Å². The van der Waals surface area contributed by atoms with E-state index in [1.165, 1.54) is 12.1 Å². The predicted molar refractivity (Wildman–Crippen MR) is 91.8 cm³/mol. The largest absolute Gasteiger partial charge is 0.416 e. The third-order valence-corrected chi connectivity index (χ3v) is 5.03. The van der Waals surface area contributed by atoms with Crippen LogP contribution in [0.5, 0.6) is 0 Å². The minimum atomic E-state index is -4.47. The van der Waals surface area contributed by atoms with Gasteiger partial charge in [-0.25, -0.2) is 4.98 Å². The number of thioether (sulfide) groups is 1. The number of anilines is 1. The number of alkyl halides is 3. The number of hydrogen-bond acceptors (Lipinski definition) is 4. The monoisotopic (exact) mass is 377 g/mol. The number of nitrogens with one attached hydrogen (secondary N) is 1. The van der Waals surface area contributed by atoms with Crippen LogP contribution in [0.2, 0.25) is 0 Å². The van der Waals surface area contributed by atoms with Gasteiger partial charge in [0.15, 0.2) is 0 Å². The lowest BCUT2D eigenvalue weighted by Crippen LogP contribution is -2.15. The minimum Gasteiger partial charge on any atom is -0.325 e. The van der Waals surface area contributed by atoms with Gasteiger partial charge in [0, 0.05) is 11.9 Å². The molecule has 0 atom stereocenters. The van der Waals surface area contributed by atoms with Crippen molar-refractivity contribution in [1.82, 2.24) is 4.98 Å². The minimum absolute atomic E-state index is 0.0449. The van der Waals surface area contributed by atoms with Crippen molar-refractivity contribution < 1.29 is 18.0 Å². The molecule has 0 fully saturated rings. The maximum Gasteiger partial charge on any atom is 0.416 e. The molecule has 0 aliphatic heterocycles. The van der Waals surface area contributed by atoms with Crippen LogP contribution in [0, 0.1) is 11.3 Å². The molecule has 3 rings (SSSR count). The predicted octanol–water partition coefficient (Wildman–Crippen LogP) is 4.19. The SMILES string of the molecule is N#Cc1c(SCC(=O)Nc2cccc(C(F)(F)F)c2)ncc2c1CCC2. The van der Waals surface area contributed by atoms with Crippen LogP contribution in [-0.2, 0) is 23.8 Å². The fraction of sp³-hybridized carbons (Fsp3) is 0.278. The molecular weight excluding hydrogens is 363 g/mol. The summed E-state index contributed by atoms with van der Waals surface area (Å²) < 4.78 is 38.1. The van der Waals surface area contributed by atoms with Gasteiger partial charge in [-0.05, 0) is 48.6 Å². The molecule has 26 heavy (non-hydrogen) atoms. The molecule has 1 amide bonds. The molecule has 0 bridgehead atoms. The summed E-state index contributed by atoms with van der Waals surface area (Å²) in [7, 11) is 0. The molecule has 0 saturated carbocycles. The molecule has 1 aliphatic rings. The number of nitriles is 1. The molecule has 0 saturated heterocycles. The zero-order valence-electron chi connectivity index (χ0n) is 13.6. The van der Waals surface area contributed by atoms with Gasteiger partial charge in [-0.2, -0.15) is 18.4 Å². The van der Waals surface area contributed by atoms with Gasteiger partial charge in [0.05, 0.1) is 16.9 Å². The number of rotatable bonds is 4. The second kappa shape index (κ2) is 7.38. The van der Waals surface area contributed by atoms with Crippen molar-refractivity contribution in [2.75, 3.05) is 11.1 Å². The van der Waals surface area contributed by atoms with Gasteiger partial charge in [0.2, 0.25) is 5.91 Å². The molecule has 2 aromatic rings. The smallest absolute Gasteiger partial charge is 0.325 e. The van der Waals surface area contributed by atoms with E-state index >= 15 is 0 Å². The molecule has 1 aromatic heterocycles. The van der Waals surface area contributed by atoms with Crippen LogP contribution >= 0.6 is 11.8 Å². The van der Waals surface area contributed by atoms with Crippen molar-refractivity contribution in [3.63, 3.8) is 0 Å². The first kappa shape index (κ1) is 18.3. The Morgan fingerprint density at radius 3 is 2.88 bits per heavy atom. The topological polar surface area (TPSA) is 65.8 Å². The van der Waals surface area contributed by atoms with E-state index in [0.717, 1.165) is 54.3 Å². The highest BCUT2D eigenvalue weighted by atomic mass is 32.2. The van der Waals surface area contributed by atoms with E-state index in [1.54, 1.807) is 6.20 Å². The zero-order chi connectivity index (χ0) is 18.7. The maximum atomic E-state index is 12.7. The molecule has 0 unspecified atom stereocenters.